The van der Waals surface area contributed by atoms with Gasteiger partial charge in [0.2, 0.25) is 0 Å². The predicted molar refractivity (Wildman–Crippen MR) is 99.2 cm³/mol. The minimum atomic E-state index is -0.658. The summed E-state index contributed by atoms with van der Waals surface area (Å²) in [6.45, 7) is 3.67. The molecule has 0 unspecified atom stereocenters. The number of nitro benzene ring substituents is 1. The SMILES string of the molecule is Cc1ccc2cc(C(=O)NNC(=O)c3cccc([N+](=O)[O-])c3)c(C)nc2c1. The Balaban J connectivity index is 1.76. The van der Waals surface area contributed by atoms with Gasteiger partial charge in [-0.05, 0) is 37.6 Å². The van der Waals surface area contributed by atoms with Crippen molar-refractivity contribution in [3.05, 3.63) is 81.0 Å². The summed E-state index contributed by atoms with van der Waals surface area (Å²) in [6, 6.07) is 12.6. The van der Waals surface area contributed by atoms with Crippen LogP contribution in [0.3, 0.4) is 0 Å². The fourth-order valence-corrected chi connectivity index (χ4v) is 2.62. The van der Waals surface area contributed by atoms with E-state index in [1.807, 2.05) is 25.1 Å². The molecule has 0 spiro atoms. The Morgan fingerprint density at radius 3 is 2.48 bits per heavy atom. The minimum Gasteiger partial charge on any atom is -0.267 e. The van der Waals surface area contributed by atoms with E-state index in [0.29, 0.717) is 11.3 Å². The van der Waals surface area contributed by atoms with Crippen LogP contribution < -0.4 is 10.9 Å². The number of carbonyl (C=O) groups excluding carboxylic acids is 2. The van der Waals surface area contributed by atoms with Crippen LogP contribution in [0.2, 0.25) is 0 Å². The molecule has 0 aliphatic heterocycles. The molecule has 2 amide bonds. The van der Waals surface area contributed by atoms with Gasteiger partial charge in [0.15, 0.2) is 0 Å². The van der Waals surface area contributed by atoms with Crippen LogP contribution in [0.1, 0.15) is 32.0 Å². The fourth-order valence-electron chi connectivity index (χ4n) is 2.62. The van der Waals surface area contributed by atoms with Gasteiger partial charge in [-0.15, -0.1) is 0 Å². The number of amides is 2. The molecule has 0 aliphatic rings. The van der Waals surface area contributed by atoms with Gasteiger partial charge in [-0.3, -0.25) is 35.5 Å². The number of carbonyl (C=O) groups is 2. The van der Waals surface area contributed by atoms with E-state index in [1.165, 1.54) is 18.2 Å². The Bertz CT molecular complexity index is 1080. The van der Waals surface area contributed by atoms with Gasteiger partial charge in [0.1, 0.15) is 0 Å². The number of nitrogens with zero attached hydrogens (tertiary/aromatic N) is 2. The summed E-state index contributed by atoms with van der Waals surface area (Å²) >= 11 is 0. The van der Waals surface area contributed by atoms with Crippen LogP contribution in [0.25, 0.3) is 10.9 Å². The van der Waals surface area contributed by atoms with Crippen LogP contribution >= 0.6 is 0 Å². The second-order valence-electron chi connectivity index (χ2n) is 6.03. The van der Waals surface area contributed by atoms with Gasteiger partial charge in [0.05, 0.1) is 21.7 Å². The van der Waals surface area contributed by atoms with Gasteiger partial charge in [0.25, 0.3) is 17.5 Å². The van der Waals surface area contributed by atoms with Crippen LogP contribution in [-0.2, 0) is 0 Å². The highest BCUT2D eigenvalue weighted by Gasteiger charge is 2.15. The molecular formula is C19H16N4O4. The lowest BCUT2D eigenvalue weighted by Crippen LogP contribution is -2.42. The summed E-state index contributed by atoms with van der Waals surface area (Å²) in [5, 5.41) is 11.6. The average molecular weight is 364 g/mol. The number of aryl methyl sites for hydroxylation is 2. The van der Waals surface area contributed by atoms with E-state index in [-0.39, 0.29) is 11.3 Å². The van der Waals surface area contributed by atoms with E-state index in [0.717, 1.165) is 22.5 Å². The number of non-ortho nitro benzene ring substituents is 1. The van der Waals surface area contributed by atoms with Crippen molar-refractivity contribution < 1.29 is 14.5 Å². The number of nitro groups is 1. The van der Waals surface area contributed by atoms with E-state index < -0.39 is 16.7 Å². The number of benzene rings is 2. The Labute approximate surface area is 154 Å². The summed E-state index contributed by atoms with van der Waals surface area (Å²) in [5.41, 5.74) is 7.12. The van der Waals surface area contributed by atoms with Crippen molar-refractivity contribution in [1.82, 2.24) is 15.8 Å². The van der Waals surface area contributed by atoms with Gasteiger partial charge < -0.3 is 0 Å². The van der Waals surface area contributed by atoms with Crippen molar-refractivity contribution in [1.29, 1.82) is 0 Å². The molecule has 2 N–H and O–H groups in total. The first-order valence-corrected chi connectivity index (χ1v) is 8.08. The van der Waals surface area contributed by atoms with Crippen LogP contribution in [0.4, 0.5) is 5.69 Å². The van der Waals surface area contributed by atoms with Crippen molar-refractivity contribution >= 4 is 28.4 Å². The molecule has 8 nitrogen and oxygen atoms in total. The number of hydrogen-bond acceptors (Lipinski definition) is 5. The first kappa shape index (κ1) is 18.0. The van der Waals surface area contributed by atoms with Crippen LogP contribution in [-0.4, -0.2) is 21.7 Å². The zero-order valence-electron chi connectivity index (χ0n) is 14.6. The predicted octanol–water partition coefficient (Wildman–Crippen LogP) is 2.83. The first-order valence-electron chi connectivity index (χ1n) is 8.08. The highest BCUT2D eigenvalue weighted by molar-refractivity contribution is 6.01. The average Bonchev–Trinajstić information content (AvgIpc) is 2.65. The number of nitrogens with one attached hydrogen (secondary N) is 2. The lowest BCUT2D eigenvalue weighted by Gasteiger charge is -2.10. The minimum absolute atomic E-state index is 0.0633. The molecule has 0 saturated carbocycles. The van der Waals surface area contributed by atoms with Gasteiger partial charge >= 0.3 is 0 Å². The Kier molecular flexibility index (Phi) is 4.80. The highest BCUT2D eigenvalue weighted by Crippen LogP contribution is 2.18. The second-order valence-corrected chi connectivity index (χ2v) is 6.03. The summed E-state index contributed by atoms with van der Waals surface area (Å²) in [5.74, 6) is -1.18. The summed E-state index contributed by atoms with van der Waals surface area (Å²) < 4.78 is 0. The van der Waals surface area contributed by atoms with Crippen molar-refractivity contribution in [3.63, 3.8) is 0 Å². The highest BCUT2D eigenvalue weighted by atomic mass is 16.6. The number of hydrogen-bond donors (Lipinski definition) is 2. The molecule has 1 heterocycles. The largest absolute Gasteiger partial charge is 0.271 e. The molecule has 0 saturated heterocycles. The van der Waals surface area contributed by atoms with E-state index in [4.69, 9.17) is 0 Å². The Hall–Kier alpha value is -3.81. The molecule has 8 heteroatoms. The molecule has 3 aromatic rings. The standard InChI is InChI=1S/C19H16N4O4/c1-11-6-7-13-10-16(12(2)20-17(13)8-11)19(25)22-21-18(24)14-4-3-5-15(9-14)23(26)27/h3-10H,1-2H3,(H,21,24)(H,22,25). The van der Waals surface area contributed by atoms with Gasteiger partial charge in [0, 0.05) is 23.1 Å². The molecule has 0 aliphatic carbocycles. The monoisotopic (exact) mass is 364 g/mol. The molecule has 2 aromatic carbocycles. The smallest absolute Gasteiger partial charge is 0.267 e. The molecule has 1 aromatic heterocycles. The third-order valence-electron chi connectivity index (χ3n) is 4.02. The third kappa shape index (κ3) is 3.90. The quantitative estimate of drug-likeness (QED) is 0.548. The van der Waals surface area contributed by atoms with E-state index in [1.54, 1.807) is 13.0 Å². The second kappa shape index (κ2) is 7.20. The molecule has 0 atom stereocenters. The lowest BCUT2D eigenvalue weighted by molar-refractivity contribution is -0.384. The normalized spacial score (nSPS) is 10.4. The van der Waals surface area contributed by atoms with Crippen molar-refractivity contribution in [2.75, 3.05) is 0 Å². The maximum Gasteiger partial charge on any atom is 0.271 e. The van der Waals surface area contributed by atoms with Gasteiger partial charge in [-0.1, -0.05) is 18.2 Å². The number of hydrazine groups is 1. The third-order valence-corrected chi connectivity index (χ3v) is 4.02. The first-order chi connectivity index (χ1) is 12.8. The molecule has 0 fully saturated rings. The number of rotatable bonds is 3. The number of pyridine rings is 1. The molecule has 27 heavy (non-hydrogen) atoms. The Morgan fingerprint density at radius 1 is 1.00 bits per heavy atom. The van der Waals surface area contributed by atoms with E-state index >= 15 is 0 Å². The summed E-state index contributed by atoms with van der Waals surface area (Å²) in [6.07, 6.45) is 0. The summed E-state index contributed by atoms with van der Waals surface area (Å²) in [7, 11) is 0. The zero-order valence-corrected chi connectivity index (χ0v) is 14.6. The van der Waals surface area contributed by atoms with E-state index in [2.05, 4.69) is 15.8 Å². The van der Waals surface area contributed by atoms with Crippen molar-refractivity contribution in [2.24, 2.45) is 0 Å². The fraction of sp³-hybridized carbons (Fsp3) is 0.105. The van der Waals surface area contributed by atoms with Gasteiger partial charge in [-0.2, -0.15) is 0 Å². The van der Waals surface area contributed by atoms with Crippen molar-refractivity contribution in [2.45, 2.75) is 13.8 Å². The number of fused-ring (bicyclic) bond motifs is 1. The molecule has 136 valence electrons. The maximum atomic E-state index is 12.4. The molecule has 0 radical (unpaired) electrons. The van der Waals surface area contributed by atoms with Gasteiger partial charge in [-0.25, -0.2) is 0 Å². The number of aromatic nitrogens is 1. The van der Waals surface area contributed by atoms with E-state index in [9.17, 15) is 19.7 Å². The topological polar surface area (TPSA) is 114 Å². The van der Waals surface area contributed by atoms with Crippen molar-refractivity contribution in [3.8, 4) is 0 Å². The Morgan fingerprint density at radius 2 is 1.74 bits per heavy atom. The zero-order chi connectivity index (χ0) is 19.6. The summed E-state index contributed by atoms with van der Waals surface area (Å²) in [4.78, 5) is 39.2. The van der Waals surface area contributed by atoms with Crippen LogP contribution in [0.15, 0.2) is 48.5 Å². The molecule has 3 rings (SSSR count). The molecule has 0 bridgehead atoms. The van der Waals surface area contributed by atoms with Crippen LogP contribution in [0, 0.1) is 24.0 Å². The van der Waals surface area contributed by atoms with Crippen LogP contribution in [0.5, 0.6) is 0 Å². The maximum absolute atomic E-state index is 12.4. The molecular weight excluding hydrogens is 348 g/mol. The lowest BCUT2D eigenvalue weighted by atomic mass is 10.1.